The quantitative estimate of drug-likeness (QED) is 0.488. The van der Waals surface area contributed by atoms with Gasteiger partial charge in [0.25, 0.3) is 0 Å². The lowest BCUT2D eigenvalue weighted by molar-refractivity contribution is -0.164. The van der Waals surface area contributed by atoms with Gasteiger partial charge in [-0.15, -0.1) is 0 Å². The van der Waals surface area contributed by atoms with Crippen molar-refractivity contribution in [1.82, 2.24) is 0 Å². The molecule has 5 nitrogen and oxygen atoms in total. The van der Waals surface area contributed by atoms with Crippen LogP contribution in [0.3, 0.4) is 0 Å². The van der Waals surface area contributed by atoms with E-state index in [1.807, 2.05) is 0 Å². The van der Waals surface area contributed by atoms with E-state index in [1.54, 1.807) is 0 Å². The van der Waals surface area contributed by atoms with Gasteiger partial charge in [0.2, 0.25) is 0 Å². The Hall–Kier alpha value is -1.10. The van der Waals surface area contributed by atoms with Crippen molar-refractivity contribution in [1.29, 1.82) is 0 Å². The summed E-state index contributed by atoms with van der Waals surface area (Å²) in [5.74, 6) is -4.85. The van der Waals surface area contributed by atoms with E-state index in [-0.39, 0.29) is 0 Å². The number of carboxylic acid groups (broad SMARTS) is 2. The Kier molecular flexibility index (Phi) is 2.59. The summed E-state index contributed by atoms with van der Waals surface area (Å²) in [6, 6.07) is 0. The summed E-state index contributed by atoms with van der Waals surface area (Å²) in [7, 11) is 0. The average Bonchev–Trinajstić information content (AvgIpc) is 1.54. The molecule has 5 heteroatoms. The van der Waals surface area contributed by atoms with Crippen LogP contribution in [0, 0.1) is 5.92 Å². The second-order valence-corrected chi connectivity index (χ2v) is 2.76. The highest BCUT2D eigenvalue weighted by Crippen LogP contribution is 2.16. The third kappa shape index (κ3) is 2.55. The molecule has 0 saturated carbocycles. The molecular weight excluding hydrogens is 152 g/mol. The van der Waals surface area contributed by atoms with Crippen molar-refractivity contribution in [3.63, 3.8) is 0 Å². The lowest BCUT2D eigenvalue weighted by Gasteiger charge is -2.21. The third-order valence-electron chi connectivity index (χ3n) is 1.20. The first-order chi connectivity index (χ1) is 4.76. The molecule has 0 aromatic carbocycles. The SMILES string of the molecule is CC(C)(O)C(C(=O)O)C(=O)O. The Morgan fingerprint density at radius 1 is 1.18 bits per heavy atom. The molecule has 0 heterocycles. The monoisotopic (exact) mass is 162 g/mol. The number of rotatable bonds is 3. The minimum absolute atomic E-state index is 1.14. The number of aliphatic hydroxyl groups is 1. The van der Waals surface area contributed by atoms with Gasteiger partial charge in [-0.2, -0.15) is 0 Å². The minimum atomic E-state index is -1.78. The topological polar surface area (TPSA) is 94.8 Å². The Morgan fingerprint density at radius 3 is 1.45 bits per heavy atom. The molecular formula is C6H10O5. The highest BCUT2D eigenvalue weighted by Gasteiger charge is 2.39. The summed E-state index contributed by atoms with van der Waals surface area (Å²) in [4.78, 5) is 20.5. The predicted molar refractivity (Wildman–Crippen MR) is 35.1 cm³/mol. The van der Waals surface area contributed by atoms with Gasteiger partial charge in [0.15, 0.2) is 5.92 Å². The van der Waals surface area contributed by atoms with Crippen LogP contribution in [0.4, 0.5) is 0 Å². The number of hydrogen-bond acceptors (Lipinski definition) is 3. The van der Waals surface area contributed by atoms with E-state index in [9.17, 15) is 9.59 Å². The maximum Gasteiger partial charge on any atom is 0.320 e. The highest BCUT2D eigenvalue weighted by atomic mass is 16.4. The summed E-state index contributed by atoms with van der Waals surface area (Å²) >= 11 is 0. The fourth-order valence-electron chi connectivity index (χ4n) is 0.710. The average molecular weight is 162 g/mol. The molecule has 0 amide bonds. The molecule has 0 aliphatic carbocycles. The van der Waals surface area contributed by atoms with Crippen LogP contribution in [0.15, 0.2) is 0 Å². The molecule has 0 unspecified atom stereocenters. The number of hydrogen-bond donors (Lipinski definition) is 3. The maximum atomic E-state index is 10.2. The van der Waals surface area contributed by atoms with Crippen LogP contribution in [0.2, 0.25) is 0 Å². The first-order valence-electron chi connectivity index (χ1n) is 2.95. The van der Waals surface area contributed by atoms with Gasteiger partial charge in [0.1, 0.15) is 0 Å². The lowest BCUT2D eigenvalue weighted by Crippen LogP contribution is -2.42. The molecule has 0 saturated heterocycles. The van der Waals surface area contributed by atoms with Crippen LogP contribution in [0.5, 0.6) is 0 Å². The van der Waals surface area contributed by atoms with Crippen molar-refractivity contribution >= 4 is 11.9 Å². The molecule has 0 aliphatic rings. The largest absolute Gasteiger partial charge is 0.481 e. The van der Waals surface area contributed by atoms with Crippen LogP contribution < -0.4 is 0 Å². The summed E-state index contributed by atoms with van der Waals surface area (Å²) in [5.41, 5.74) is -1.74. The molecule has 0 aliphatic heterocycles. The first kappa shape index (κ1) is 9.90. The molecule has 0 aromatic rings. The molecule has 0 rings (SSSR count). The molecule has 3 N–H and O–H groups in total. The number of aliphatic carboxylic acids is 2. The molecule has 0 aromatic heterocycles. The fraction of sp³-hybridized carbons (Fsp3) is 0.667. The molecule has 0 bridgehead atoms. The van der Waals surface area contributed by atoms with Gasteiger partial charge in [0.05, 0.1) is 5.60 Å². The second kappa shape index (κ2) is 2.87. The van der Waals surface area contributed by atoms with Gasteiger partial charge < -0.3 is 15.3 Å². The van der Waals surface area contributed by atoms with E-state index in [2.05, 4.69) is 0 Å². The molecule has 11 heavy (non-hydrogen) atoms. The van der Waals surface area contributed by atoms with Crippen molar-refractivity contribution in [2.45, 2.75) is 19.4 Å². The van der Waals surface area contributed by atoms with Gasteiger partial charge in [-0.1, -0.05) is 0 Å². The zero-order chi connectivity index (χ0) is 9.23. The number of carbonyl (C=O) groups is 2. The van der Waals surface area contributed by atoms with Crippen LogP contribution in [0.1, 0.15) is 13.8 Å². The first-order valence-corrected chi connectivity index (χ1v) is 2.95. The number of carboxylic acids is 2. The maximum absolute atomic E-state index is 10.2. The van der Waals surface area contributed by atoms with Crippen molar-refractivity contribution in [3.05, 3.63) is 0 Å². The molecule has 0 fully saturated rings. The van der Waals surface area contributed by atoms with Crippen molar-refractivity contribution in [2.75, 3.05) is 0 Å². The molecule has 64 valence electrons. The second-order valence-electron chi connectivity index (χ2n) is 2.76. The van der Waals surface area contributed by atoms with Gasteiger partial charge in [-0.05, 0) is 13.8 Å². The molecule has 0 radical (unpaired) electrons. The predicted octanol–water partition coefficient (Wildman–Crippen LogP) is -0.457. The van der Waals surface area contributed by atoms with Gasteiger partial charge >= 0.3 is 11.9 Å². The smallest absolute Gasteiger partial charge is 0.320 e. The van der Waals surface area contributed by atoms with E-state index >= 15 is 0 Å². The summed E-state index contributed by atoms with van der Waals surface area (Å²) in [6.07, 6.45) is 0. The molecule has 0 atom stereocenters. The summed E-state index contributed by atoms with van der Waals surface area (Å²) in [6.45, 7) is 2.28. The van der Waals surface area contributed by atoms with E-state index in [1.165, 1.54) is 0 Å². The zero-order valence-electron chi connectivity index (χ0n) is 6.24. The Morgan fingerprint density at radius 2 is 1.45 bits per heavy atom. The van der Waals surface area contributed by atoms with Gasteiger partial charge in [0, 0.05) is 0 Å². The molecule has 0 spiro atoms. The van der Waals surface area contributed by atoms with Crippen molar-refractivity contribution in [3.8, 4) is 0 Å². The normalized spacial score (nSPS) is 11.6. The van der Waals surface area contributed by atoms with Gasteiger partial charge in [-0.25, -0.2) is 0 Å². The van der Waals surface area contributed by atoms with E-state index in [4.69, 9.17) is 15.3 Å². The van der Waals surface area contributed by atoms with E-state index in [0.29, 0.717) is 0 Å². The fourth-order valence-corrected chi connectivity index (χ4v) is 0.710. The van der Waals surface area contributed by atoms with Crippen LogP contribution in [-0.4, -0.2) is 32.9 Å². The Balaban J connectivity index is 4.63. The van der Waals surface area contributed by atoms with Crippen molar-refractivity contribution in [2.24, 2.45) is 5.92 Å². The van der Waals surface area contributed by atoms with Gasteiger partial charge in [-0.3, -0.25) is 9.59 Å². The zero-order valence-corrected chi connectivity index (χ0v) is 6.24. The highest BCUT2D eigenvalue weighted by molar-refractivity contribution is 5.94. The van der Waals surface area contributed by atoms with Crippen molar-refractivity contribution < 1.29 is 24.9 Å². The van der Waals surface area contributed by atoms with Crippen LogP contribution in [-0.2, 0) is 9.59 Å². The standard InChI is InChI=1S/C6H10O5/c1-6(2,11)3(4(7)8)5(9)10/h3,11H,1-2H3,(H,7,8)(H,9,10). The Labute approximate surface area is 63.3 Å². The Bertz CT molecular complexity index is 164. The van der Waals surface area contributed by atoms with Crippen LogP contribution in [0.25, 0.3) is 0 Å². The summed E-state index contributed by atoms with van der Waals surface area (Å²) < 4.78 is 0. The van der Waals surface area contributed by atoms with E-state index in [0.717, 1.165) is 13.8 Å². The lowest BCUT2D eigenvalue weighted by atomic mass is 9.91. The minimum Gasteiger partial charge on any atom is -0.481 e. The third-order valence-corrected chi connectivity index (χ3v) is 1.20. The van der Waals surface area contributed by atoms with Crippen LogP contribution >= 0.6 is 0 Å². The van der Waals surface area contributed by atoms with E-state index < -0.39 is 23.5 Å². The summed E-state index contributed by atoms with van der Waals surface area (Å²) in [5, 5.41) is 25.7.